The van der Waals surface area contributed by atoms with Crippen LogP contribution < -0.4 is 69.3 Å². The van der Waals surface area contributed by atoms with Crippen molar-refractivity contribution in [2.45, 2.75) is 0 Å². The Morgan fingerprint density at radius 2 is 1.10 bits per heavy atom. The topological polar surface area (TPSA) is 80.3 Å². The SMILES string of the molecule is O=C([O-])C#CC(=O)[O-].[Na+].[Na+]. The van der Waals surface area contributed by atoms with Crippen molar-refractivity contribution in [2.24, 2.45) is 0 Å². The first-order valence-corrected chi connectivity index (χ1v) is 1.57. The third-order valence-corrected chi connectivity index (χ3v) is 0.267. The van der Waals surface area contributed by atoms with Crippen LogP contribution in [0, 0.1) is 11.8 Å². The van der Waals surface area contributed by atoms with Crippen molar-refractivity contribution < 1.29 is 78.9 Å². The van der Waals surface area contributed by atoms with Crippen molar-refractivity contribution in [1.82, 2.24) is 0 Å². The van der Waals surface area contributed by atoms with Gasteiger partial charge in [-0.1, -0.05) is 0 Å². The number of carboxylic acid groups (broad SMARTS) is 2. The van der Waals surface area contributed by atoms with Crippen molar-refractivity contribution in [3.05, 3.63) is 0 Å². The quantitative estimate of drug-likeness (QED) is 0.259. The summed E-state index contributed by atoms with van der Waals surface area (Å²) in [5.41, 5.74) is 0. The normalized spacial score (nSPS) is 5.20. The van der Waals surface area contributed by atoms with Gasteiger partial charge in [-0.3, -0.25) is 0 Å². The molecule has 0 aromatic heterocycles. The third-order valence-electron chi connectivity index (χ3n) is 0.267. The predicted octanol–water partition coefficient (Wildman–Crippen LogP) is -9.50. The van der Waals surface area contributed by atoms with Gasteiger partial charge >= 0.3 is 59.1 Å². The minimum absolute atomic E-state index is 0. The number of hydrogen-bond donors (Lipinski definition) is 0. The van der Waals surface area contributed by atoms with Gasteiger partial charge in [-0.15, -0.1) is 0 Å². The van der Waals surface area contributed by atoms with Gasteiger partial charge in [0, 0.05) is 0 Å². The molecule has 0 aliphatic heterocycles. The summed E-state index contributed by atoms with van der Waals surface area (Å²) in [6.45, 7) is 0. The van der Waals surface area contributed by atoms with Gasteiger partial charge in [0.15, 0.2) is 0 Å². The zero-order chi connectivity index (χ0) is 6.57. The fourth-order valence-corrected chi connectivity index (χ4v) is 0.102. The molecule has 42 valence electrons. The molecule has 0 fully saturated rings. The molecule has 0 heterocycles. The predicted molar refractivity (Wildman–Crippen MR) is 17.8 cm³/mol. The minimum atomic E-state index is -1.73. The van der Waals surface area contributed by atoms with Crippen molar-refractivity contribution in [3.8, 4) is 11.8 Å². The van der Waals surface area contributed by atoms with E-state index in [4.69, 9.17) is 0 Å². The van der Waals surface area contributed by atoms with E-state index in [9.17, 15) is 19.8 Å². The van der Waals surface area contributed by atoms with Gasteiger partial charge < -0.3 is 19.8 Å². The molecule has 6 heteroatoms. The van der Waals surface area contributed by atoms with E-state index in [2.05, 4.69) is 0 Å². The number of carbonyl (C=O) groups excluding carboxylic acids is 2. The zero-order valence-electron chi connectivity index (χ0n) is 5.63. The summed E-state index contributed by atoms with van der Waals surface area (Å²) in [7, 11) is 0. The van der Waals surface area contributed by atoms with Gasteiger partial charge in [0.2, 0.25) is 0 Å². The molecule has 0 saturated carbocycles. The van der Waals surface area contributed by atoms with Crippen molar-refractivity contribution in [1.29, 1.82) is 0 Å². The zero-order valence-corrected chi connectivity index (χ0v) is 9.63. The molecular formula is C4Na2O4. The Morgan fingerprint density at radius 1 is 0.900 bits per heavy atom. The first kappa shape index (κ1) is 16.8. The summed E-state index contributed by atoms with van der Waals surface area (Å²) in [6.07, 6.45) is 0. The molecule has 0 saturated heterocycles. The van der Waals surface area contributed by atoms with E-state index in [1.165, 1.54) is 11.8 Å². The molecule has 0 unspecified atom stereocenters. The van der Waals surface area contributed by atoms with Crippen LogP contribution in [0.25, 0.3) is 0 Å². The number of carbonyl (C=O) groups is 2. The smallest absolute Gasteiger partial charge is 0.537 e. The van der Waals surface area contributed by atoms with Crippen LogP contribution in [-0.4, -0.2) is 11.9 Å². The molecule has 0 bridgehead atoms. The molecule has 4 nitrogen and oxygen atoms in total. The molecule has 0 rings (SSSR count). The summed E-state index contributed by atoms with van der Waals surface area (Å²) < 4.78 is 0. The van der Waals surface area contributed by atoms with Crippen LogP contribution in [0.5, 0.6) is 0 Å². The maximum atomic E-state index is 9.33. The Bertz CT molecular complexity index is 159. The summed E-state index contributed by atoms with van der Waals surface area (Å²) in [6, 6.07) is 0. The largest absolute Gasteiger partial charge is 1.00 e. The molecule has 0 amide bonds. The molecule has 0 aliphatic rings. The van der Waals surface area contributed by atoms with Crippen molar-refractivity contribution in [2.75, 3.05) is 0 Å². The number of aliphatic carboxylic acids is 2. The Morgan fingerprint density at radius 3 is 1.20 bits per heavy atom. The van der Waals surface area contributed by atoms with Gasteiger partial charge in [0.25, 0.3) is 0 Å². The second-order valence-corrected chi connectivity index (χ2v) is 0.825. The molecule has 0 spiro atoms. The van der Waals surface area contributed by atoms with E-state index >= 15 is 0 Å². The van der Waals surface area contributed by atoms with Gasteiger partial charge in [-0.2, -0.15) is 0 Å². The molecule has 0 N–H and O–H groups in total. The van der Waals surface area contributed by atoms with Gasteiger partial charge in [0.1, 0.15) is 11.9 Å². The average molecular weight is 158 g/mol. The van der Waals surface area contributed by atoms with Crippen LogP contribution in [0.3, 0.4) is 0 Å². The number of rotatable bonds is 0. The van der Waals surface area contributed by atoms with E-state index in [0.29, 0.717) is 0 Å². The third kappa shape index (κ3) is 15.8. The monoisotopic (exact) mass is 158 g/mol. The number of carboxylic acids is 2. The van der Waals surface area contributed by atoms with Crippen LogP contribution in [0.1, 0.15) is 0 Å². The average Bonchev–Trinajstić information content (AvgIpc) is 1.61. The van der Waals surface area contributed by atoms with Crippen LogP contribution in [-0.2, 0) is 9.59 Å². The van der Waals surface area contributed by atoms with Gasteiger partial charge in [0.05, 0.1) is 0 Å². The van der Waals surface area contributed by atoms with Crippen LogP contribution in [0.15, 0.2) is 0 Å². The fraction of sp³-hybridized carbons (Fsp3) is 0. The van der Waals surface area contributed by atoms with Crippen LogP contribution in [0.2, 0.25) is 0 Å². The van der Waals surface area contributed by atoms with Crippen LogP contribution in [0.4, 0.5) is 0 Å². The van der Waals surface area contributed by atoms with Gasteiger partial charge in [-0.25, -0.2) is 0 Å². The van der Waals surface area contributed by atoms with Crippen LogP contribution >= 0.6 is 0 Å². The maximum Gasteiger partial charge on any atom is 1.00 e. The van der Waals surface area contributed by atoms with Crippen molar-refractivity contribution in [3.63, 3.8) is 0 Å². The molecule has 0 aromatic carbocycles. The summed E-state index contributed by atoms with van der Waals surface area (Å²) in [4.78, 5) is 18.7. The molecular weight excluding hydrogens is 158 g/mol. The Balaban J connectivity index is -0.000000245. The Hall–Kier alpha value is 0.500. The van der Waals surface area contributed by atoms with E-state index in [1.54, 1.807) is 0 Å². The minimum Gasteiger partial charge on any atom is -0.537 e. The molecule has 0 atom stereocenters. The second kappa shape index (κ2) is 9.50. The first-order valence-electron chi connectivity index (χ1n) is 1.57. The molecule has 0 aliphatic carbocycles. The van der Waals surface area contributed by atoms with E-state index in [-0.39, 0.29) is 59.1 Å². The summed E-state index contributed by atoms with van der Waals surface area (Å²) in [5, 5.41) is 18.7. The standard InChI is InChI=1S/C4H2O4.2Na/c5-3(6)1-2-4(7)8;;/h(H,5,6)(H,7,8);;/q;2*+1/p-2. The Labute approximate surface area is 102 Å². The molecule has 0 radical (unpaired) electrons. The molecule has 0 aromatic rings. The summed E-state index contributed by atoms with van der Waals surface area (Å²) in [5.74, 6) is -0.978. The van der Waals surface area contributed by atoms with E-state index in [1.807, 2.05) is 0 Å². The Kier molecular flexibility index (Phi) is 16.0. The van der Waals surface area contributed by atoms with E-state index < -0.39 is 11.9 Å². The second-order valence-electron chi connectivity index (χ2n) is 0.825. The number of hydrogen-bond acceptors (Lipinski definition) is 4. The first-order chi connectivity index (χ1) is 3.63. The summed E-state index contributed by atoms with van der Waals surface area (Å²) >= 11 is 0. The van der Waals surface area contributed by atoms with Crippen molar-refractivity contribution >= 4 is 11.9 Å². The maximum absolute atomic E-state index is 9.33. The van der Waals surface area contributed by atoms with Gasteiger partial charge in [-0.05, 0) is 11.8 Å². The van der Waals surface area contributed by atoms with E-state index in [0.717, 1.165) is 0 Å². The molecule has 10 heavy (non-hydrogen) atoms. The fourth-order valence-electron chi connectivity index (χ4n) is 0.102.